The molecule has 0 radical (unpaired) electrons. The minimum atomic E-state index is -3.70. The molecule has 1 N–H and O–H groups in total. The second-order valence-corrected chi connectivity index (χ2v) is 9.47. The number of fused-ring (bicyclic) bond motifs is 1. The Morgan fingerprint density at radius 2 is 1.73 bits per heavy atom. The van der Waals surface area contributed by atoms with Gasteiger partial charge in [0, 0.05) is 49.3 Å². The summed E-state index contributed by atoms with van der Waals surface area (Å²) >= 11 is 12.1. The smallest absolute Gasteiger partial charge is 0.321 e. The van der Waals surface area contributed by atoms with Crippen LogP contribution in [0, 0.1) is 0 Å². The van der Waals surface area contributed by atoms with Crippen LogP contribution in [0.5, 0.6) is 0 Å². The second-order valence-electron chi connectivity index (χ2n) is 6.78. The van der Waals surface area contributed by atoms with Gasteiger partial charge in [-0.25, -0.2) is 13.2 Å². The topological polar surface area (TPSA) is 82.6 Å². The summed E-state index contributed by atoms with van der Waals surface area (Å²) in [7, 11) is -3.70. The quantitative estimate of drug-likeness (QED) is 0.632. The van der Waals surface area contributed by atoms with Crippen molar-refractivity contribution in [2.24, 2.45) is 0 Å². The van der Waals surface area contributed by atoms with E-state index < -0.39 is 10.0 Å². The number of hydrogen-bond acceptors (Lipinski definition) is 4. The summed E-state index contributed by atoms with van der Waals surface area (Å²) in [5.41, 5.74) is 0.411. The van der Waals surface area contributed by atoms with Crippen LogP contribution in [0.4, 0.5) is 10.5 Å². The number of aromatic nitrogens is 1. The fourth-order valence-corrected chi connectivity index (χ4v) is 5.37. The predicted molar refractivity (Wildman–Crippen MR) is 118 cm³/mol. The van der Waals surface area contributed by atoms with Crippen LogP contribution in [0.2, 0.25) is 10.0 Å². The molecule has 156 valence electrons. The van der Waals surface area contributed by atoms with Gasteiger partial charge in [-0.3, -0.25) is 4.98 Å². The normalized spacial score (nSPS) is 15.3. The molecular weight excluding hydrogens is 447 g/mol. The molecule has 10 heteroatoms. The molecule has 0 atom stereocenters. The summed E-state index contributed by atoms with van der Waals surface area (Å²) in [5.74, 6) is 0. The van der Waals surface area contributed by atoms with Crippen LogP contribution in [-0.2, 0) is 10.0 Å². The third-order valence-electron chi connectivity index (χ3n) is 4.98. The minimum absolute atomic E-state index is 0.195. The van der Waals surface area contributed by atoms with Gasteiger partial charge < -0.3 is 10.2 Å². The van der Waals surface area contributed by atoms with Crippen LogP contribution in [0.3, 0.4) is 0 Å². The summed E-state index contributed by atoms with van der Waals surface area (Å²) in [6, 6.07) is 11.4. The molecule has 0 aliphatic carbocycles. The highest BCUT2D eigenvalue weighted by molar-refractivity contribution is 7.89. The number of nitrogens with one attached hydrogen (secondary N) is 1. The summed E-state index contributed by atoms with van der Waals surface area (Å²) in [6.45, 7) is 0.909. The molecule has 7 nitrogen and oxygen atoms in total. The highest BCUT2D eigenvalue weighted by atomic mass is 35.5. The molecule has 2 aromatic carbocycles. The maximum absolute atomic E-state index is 13.2. The van der Waals surface area contributed by atoms with Gasteiger partial charge in [0.05, 0.1) is 20.6 Å². The van der Waals surface area contributed by atoms with Crippen LogP contribution in [0.15, 0.2) is 59.8 Å². The first-order valence-electron chi connectivity index (χ1n) is 9.21. The molecule has 0 saturated carbocycles. The molecule has 1 aromatic heterocycles. The zero-order valence-electron chi connectivity index (χ0n) is 15.8. The number of carbonyl (C=O) groups is 1. The molecule has 1 aliphatic heterocycles. The van der Waals surface area contributed by atoms with Gasteiger partial charge in [0.1, 0.15) is 0 Å². The molecule has 0 unspecified atom stereocenters. The Morgan fingerprint density at radius 1 is 1.00 bits per heavy atom. The Bertz CT molecular complexity index is 1210. The fourth-order valence-electron chi connectivity index (χ4n) is 3.38. The number of halogens is 2. The van der Waals surface area contributed by atoms with E-state index in [0.29, 0.717) is 16.1 Å². The van der Waals surface area contributed by atoms with Gasteiger partial charge in [0.25, 0.3) is 0 Å². The van der Waals surface area contributed by atoms with Crippen LogP contribution >= 0.6 is 23.2 Å². The standard InChI is InChI=1S/C20H18Cl2N4O3S/c21-16-4-2-5-17(19(16)22)24-20(27)25-9-11-26(12-10-25)30(28,29)18-6-1-3-14-13-23-8-7-15(14)18/h1-8,13H,9-12H2,(H,24,27). The zero-order valence-corrected chi connectivity index (χ0v) is 18.1. The SMILES string of the molecule is O=C(Nc1cccc(Cl)c1Cl)N1CCN(S(=O)(=O)c2cccc3cnccc23)CC1. The van der Waals surface area contributed by atoms with E-state index in [9.17, 15) is 13.2 Å². The van der Waals surface area contributed by atoms with Gasteiger partial charge >= 0.3 is 6.03 Å². The Hall–Kier alpha value is -2.39. The number of nitrogens with zero attached hydrogens (tertiary/aromatic N) is 3. The molecule has 3 aromatic rings. The maximum atomic E-state index is 13.2. The maximum Gasteiger partial charge on any atom is 0.321 e. The van der Waals surface area contributed by atoms with Crippen molar-refractivity contribution in [2.45, 2.75) is 4.90 Å². The van der Waals surface area contributed by atoms with Crippen molar-refractivity contribution >= 4 is 55.7 Å². The van der Waals surface area contributed by atoms with Crippen LogP contribution in [0.25, 0.3) is 10.8 Å². The van der Waals surface area contributed by atoms with Crippen LogP contribution in [-0.4, -0.2) is 54.8 Å². The molecule has 0 spiro atoms. The average molecular weight is 465 g/mol. The number of piperazine rings is 1. The summed E-state index contributed by atoms with van der Waals surface area (Å²) in [6.07, 6.45) is 3.21. The van der Waals surface area contributed by atoms with E-state index in [2.05, 4.69) is 10.3 Å². The van der Waals surface area contributed by atoms with E-state index in [-0.39, 0.29) is 42.1 Å². The van der Waals surface area contributed by atoms with E-state index in [1.165, 1.54) is 4.31 Å². The average Bonchev–Trinajstić information content (AvgIpc) is 2.76. The van der Waals surface area contributed by atoms with Crippen molar-refractivity contribution in [1.29, 1.82) is 0 Å². The Labute approximate surface area is 184 Å². The Kier molecular flexibility index (Phi) is 5.84. The molecular formula is C20H18Cl2N4O3S. The van der Waals surface area contributed by atoms with Gasteiger partial charge in [-0.05, 0) is 24.3 Å². The molecule has 1 aliphatic rings. The summed E-state index contributed by atoms with van der Waals surface area (Å²) < 4.78 is 27.8. The van der Waals surface area contributed by atoms with Gasteiger partial charge in [0.15, 0.2) is 0 Å². The zero-order chi connectivity index (χ0) is 21.3. The van der Waals surface area contributed by atoms with Crippen molar-refractivity contribution < 1.29 is 13.2 Å². The highest BCUT2D eigenvalue weighted by Gasteiger charge is 2.31. The van der Waals surface area contributed by atoms with Gasteiger partial charge in [-0.1, -0.05) is 41.4 Å². The highest BCUT2D eigenvalue weighted by Crippen LogP contribution is 2.30. The van der Waals surface area contributed by atoms with E-state index in [0.717, 1.165) is 5.39 Å². The number of rotatable bonds is 3. The molecule has 2 heterocycles. The fraction of sp³-hybridized carbons (Fsp3) is 0.200. The molecule has 30 heavy (non-hydrogen) atoms. The second kappa shape index (κ2) is 8.39. The van der Waals surface area contributed by atoms with Crippen molar-refractivity contribution in [3.63, 3.8) is 0 Å². The van der Waals surface area contributed by atoms with Crippen molar-refractivity contribution in [2.75, 3.05) is 31.5 Å². The first kappa shape index (κ1) is 20.9. The molecule has 4 rings (SSSR count). The lowest BCUT2D eigenvalue weighted by Gasteiger charge is -2.34. The molecule has 1 saturated heterocycles. The van der Waals surface area contributed by atoms with Crippen LogP contribution < -0.4 is 5.32 Å². The number of benzene rings is 2. The van der Waals surface area contributed by atoms with Gasteiger partial charge in [-0.2, -0.15) is 4.31 Å². The summed E-state index contributed by atoms with van der Waals surface area (Å²) in [5, 5.41) is 4.72. The molecule has 0 bridgehead atoms. The Morgan fingerprint density at radius 3 is 2.50 bits per heavy atom. The number of sulfonamides is 1. The van der Waals surface area contributed by atoms with E-state index in [1.54, 1.807) is 53.7 Å². The number of pyridine rings is 1. The lowest BCUT2D eigenvalue weighted by Crippen LogP contribution is -2.51. The minimum Gasteiger partial charge on any atom is -0.322 e. The monoisotopic (exact) mass is 464 g/mol. The lowest BCUT2D eigenvalue weighted by molar-refractivity contribution is 0.184. The molecule has 2 amide bonds. The van der Waals surface area contributed by atoms with Gasteiger partial charge in [-0.15, -0.1) is 0 Å². The van der Waals surface area contributed by atoms with E-state index >= 15 is 0 Å². The van der Waals surface area contributed by atoms with Crippen LogP contribution in [0.1, 0.15) is 0 Å². The number of anilines is 1. The van der Waals surface area contributed by atoms with Crippen molar-refractivity contribution in [3.8, 4) is 0 Å². The van der Waals surface area contributed by atoms with Crippen molar-refractivity contribution in [1.82, 2.24) is 14.2 Å². The first-order valence-corrected chi connectivity index (χ1v) is 11.4. The summed E-state index contributed by atoms with van der Waals surface area (Å²) in [4.78, 5) is 18.4. The van der Waals surface area contributed by atoms with Crippen molar-refractivity contribution in [3.05, 3.63) is 64.9 Å². The number of carbonyl (C=O) groups excluding carboxylic acids is 1. The van der Waals surface area contributed by atoms with E-state index in [4.69, 9.17) is 23.2 Å². The third kappa shape index (κ3) is 3.96. The number of hydrogen-bond donors (Lipinski definition) is 1. The molecule has 1 fully saturated rings. The lowest BCUT2D eigenvalue weighted by atomic mass is 10.2. The largest absolute Gasteiger partial charge is 0.322 e. The Balaban J connectivity index is 1.47. The third-order valence-corrected chi connectivity index (χ3v) is 7.75. The first-order chi connectivity index (χ1) is 14.4. The number of amides is 2. The van der Waals surface area contributed by atoms with E-state index in [1.807, 2.05) is 6.07 Å². The number of urea groups is 1. The van der Waals surface area contributed by atoms with Gasteiger partial charge in [0.2, 0.25) is 10.0 Å². The predicted octanol–water partition coefficient (Wildman–Crippen LogP) is 4.08.